The van der Waals surface area contributed by atoms with E-state index in [1.165, 1.54) is 0 Å². The molecule has 0 bridgehead atoms. The molecule has 0 N–H and O–H groups in total. The van der Waals surface area contributed by atoms with Crippen LogP contribution in [0, 0.1) is 28.6 Å². The van der Waals surface area contributed by atoms with Crippen molar-refractivity contribution in [3.05, 3.63) is 57.6 Å². The third kappa shape index (κ3) is 3.46. The Bertz CT molecular complexity index is 1140. The minimum Gasteiger partial charge on any atom is -0.299 e. The van der Waals surface area contributed by atoms with Gasteiger partial charge in [0.1, 0.15) is 9.99 Å². The van der Waals surface area contributed by atoms with E-state index in [2.05, 4.69) is 13.8 Å². The molecule has 4 aliphatic rings. The maximum Gasteiger partial charge on any atom is 0.178 e. The van der Waals surface area contributed by atoms with Crippen molar-refractivity contribution in [3.63, 3.8) is 0 Å². The molecular weight excluding hydrogens is 499 g/mol. The van der Waals surface area contributed by atoms with E-state index in [-0.39, 0.29) is 35.1 Å². The number of hydrogen-bond acceptors (Lipinski definition) is 3. The molecule has 1 aromatic carbocycles. The number of halogens is 3. The van der Waals surface area contributed by atoms with E-state index in [4.69, 9.17) is 34.8 Å². The lowest BCUT2D eigenvalue weighted by molar-refractivity contribution is -0.141. The highest BCUT2D eigenvalue weighted by Crippen LogP contribution is 2.68. The van der Waals surface area contributed by atoms with Gasteiger partial charge in [0.15, 0.2) is 5.78 Å². The van der Waals surface area contributed by atoms with Crippen molar-refractivity contribution in [3.8, 4) is 0 Å². The Morgan fingerprint density at radius 3 is 2.61 bits per heavy atom. The predicted octanol–water partition coefficient (Wildman–Crippen LogP) is 6.66. The lowest BCUT2D eigenvalue weighted by Crippen LogP contribution is -2.57. The van der Waals surface area contributed by atoms with Crippen molar-refractivity contribution in [2.45, 2.75) is 55.9 Å². The number of carbonyl (C=O) groups excluding carboxylic acids is 2. The van der Waals surface area contributed by atoms with E-state index in [0.29, 0.717) is 22.9 Å². The second kappa shape index (κ2) is 8.05. The molecule has 7 atom stereocenters. The van der Waals surface area contributed by atoms with Gasteiger partial charge in [0, 0.05) is 34.0 Å². The molecule has 0 heterocycles. The number of fused-ring (bicyclic) bond motifs is 5. The molecule has 0 aromatic heterocycles. The average Bonchev–Trinajstić information content (AvgIpc) is 3.02. The van der Waals surface area contributed by atoms with Crippen LogP contribution >= 0.6 is 34.8 Å². The van der Waals surface area contributed by atoms with Crippen LogP contribution < -0.4 is 0 Å². The second-order valence-corrected chi connectivity index (χ2v) is 13.9. The van der Waals surface area contributed by atoms with Crippen LogP contribution in [-0.4, -0.2) is 20.0 Å². The molecule has 0 spiro atoms. The lowest BCUT2D eigenvalue weighted by atomic mass is 9.48. The quantitative estimate of drug-likeness (QED) is 0.414. The first kappa shape index (κ1) is 23.8. The fraction of sp³-hybridized carbons (Fsp3) is 0.538. The topological polar surface area (TPSA) is 51.2 Å². The summed E-state index contributed by atoms with van der Waals surface area (Å²) in [6.45, 7) is 4.18. The Morgan fingerprint density at radius 1 is 1.12 bits per heavy atom. The van der Waals surface area contributed by atoms with Gasteiger partial charge in [0.25, 0.3) is 0 Å². The van der Waals surface area contributed by atoms with Crippen molar-refractivity contribution in [1.82, 2.24) is 0 Å². The first-order valence-electron chi connectivity index (χ1n) is 11.5. The molecule has 3 fully saturated rings. The third-order valence-corrected chi connectivity index (χ3v) is 12.8. The molecule has 1 unspecified atom stereocenters. The first-order chi connectivity index (χ1) is 15.5. The van der Waals surface area contributed by atoms with Crippen molar-refractivity contribution in [2.24, 2.45) is 28.6 Å². The van der Waals surface area contributed by atoms with E-state index in [1.807, 2.05) is 12.1 Å². The molecule has 0 saturated heterocycles. The zero-order chi connectivity index (χ0) is 23.8. The number of Topliss-reactive ketones (excluding diaryl/α,β-unsaturated/α-hetero) is 1. The van der Waals surface area contributed by atoms with Gasteiger partial charge in [-0.3, -0.25) is 13.8 Å². The summed E-state index contributed by atoms with van der Waals surface area (Å²) in [4.78, 5) is 25.7. The molecule has 5 rings (SSSR count). The molecule has 3 saturated carbocycles. The Kier molecular flexibility index (Phi) is 5.80. The van der Waals surface area contributed by atoms with Crippen LogP contribution in [0.2, 0.25) is 10.0 Å². The SMILES string of the molecule is C[C@]12C=CC(=O)C=C1CC[C@@H]1[C@@H]2C(=O)C[C@@]2(C)[C@H]1CC[C@]2(Cl)S(=O)Cc1ccc(Cl)c(Cl)c1. The van der Waals surface area contributed by atoms with Crippen LogP contribution in [-0.2, 0) is 26.1 Å². The minimum atomic E-state index is -1.39. The summed E-state index contributed by atoms with van der Waals surface area (Å²) < 4.78 is 12.7. The molecule has 176 valence electrons. The first-order valence-corrected chi connectivity index (χ1v) is 13.9. The Hall–Kier alpha value is -0.940. The van der Waals surface area contributed by atoms with Crippen LogP contribution in [0.5, 0.6) is 0 Å². The Labute approximate surface area is 212 Å². The fourth-order valence-corrected chi connectivity index (χ4v) is 9.84. The van der Waals surface area contributed by atoms with Gasteiger partial charge in [-0.15, -0.1) is 11.6 Å². The number of ketones is 2. The van der Waals surface area contributed by atoms with Gasteiger partial charge in [-0.2, -0.15) is 0 Å². The Morgan fingerprint density at radius 2 is 1.88 bits per heavy atom. The summed E-state index contributed by atoms with van der Waals surface area (Å²) in [5, 5.41) is 0.889. The summed E-state index contributed by atoms with van der Waals surface area (Å²) in [6.07, 6.45) is 8.77. The number of benzene rings is 1. The highest BCUT2D eigenvalue weighted by molar-refractivity contribution is 7.87. The molecule has 1 aromatic rings. The summed E-state index contributed by atoms with van der Waals surface area (Å²) in [7, 11) is -1.39. The maximum absolute atomic E-state index is 13.7. The molecule has 33 heavy (non-hydrogen) atoms. The molecule has 0 aliphatic heterocycles. The number of rotatable bonds is 3. The third-order valence-electron chi connectivity index (χ3n) is 8.92. The maximum atomic E-state index is 13.7. The highest BCUT2D eigenvalue weighted by Gasteiger charge is 2.67. The summed E-state index contributed by atoms with van der Waals surface area (Å²) >= 11 is 19.5. The summed E-state index contributed by atoms with van der Waals surface area (Å²) in [6, 6.07) is 5.28. The van der Waals surface area contributed by atoms with Crippen LogP contribution in [0.3, 0.4) is 0 Å². The van der Waals surface area contributed by atoms with Gasteiger partial charge in [0.2, 0.25) is 0 Å². The van der Waals surface area contributed by atoms with Gasteiger partial charge >= 0.3 is 0 Å². The van der Waals surface area contributed by atoms with Gasteiger partial charge in [-0.25, -0.2) is 0 Å². The molecule has 4 aliphatic carbocycles. The summed E-state index contributed by atoms with van der Waals surface area (Å²) in [5.74, 6) is 0.721. The fourth-order valence-electron chi connectivity index (χ4n) is 7.24. The van der Waals surface area contributed by atoms with Crippen LogP contribution in [0.1, 0.15) is 51.5 Å². The number of hydrogen-bond donors (Lipinski definition) is 0. The zero-order valence-electron chi connectivity index (χ0n) is 18.7. The van der Waals surface area contributed by atoms with E-state index in [1.54, 1.807) is 24.3 Å². The number of alkyl halides is 1. The summed E-state index contributed by atoms with van der Waals surface area (Å²) in [5.41, 5.74) is 0.949. The van der Waals surface area contributed by atoms with Crippen molar-refractivity contribution >= 4 is 57.2 Å². The van der Waals surface area contributed by atoms with Crippen LogP contribution in [0.15, 0.2) is 42.0 Å². The zero-order valence-corrected chi connectivity index (χ0v) is 21.8. The average molecular weight is 526 g/mol. The Balaban J connectivity index is 1.46. The highest BCUT2D eigenvalue weighted by atomic mass is 35.5. The second-order valence-electron chi connectivity index (χ2n) is 10.5. The lowest BCUT2D eigenvalue weighted by Gasteiger charge is -2.56. The predicted molar refractivity (Wildman–Crippen MR) is 134 cm³/mol. The molecule has 3 nitrogen and oxygen atoms in total. The van der Waals surface area contributed by atoms with Gasteiger partial charge < -0.3 is 0 Å². The van der Waals surface area contributed by atoms with Crippen molar-refractivity contribution < 1.29 is 13.8 Å². The molecule has 0 amide bonds. The molecule has 0 radical (unpaired) electrons. The van der Waals surface area contributed by atoms with E-state index in [9.17, 15) is 13.8 Å². The van der Waals surface area contributed by atoms with E-state index >= 15 is 0 Å². The standard InChI is InChI=1S/C26H27Cl3O3S/c1-24-9-7-17(30)12-16(24)4-5-18-19-8-10-26(29,25(19,2)13-22(31)23(18)24)33(32)14-15-3-6-20(27)21(28)11-15/h3,6-7,9,11-12,18-19,23H,4-5,8,10,13-14H2,1-2H3/t18-,19-,23+,24-,25-,26-,33?/m0/s1. The van der Waals surface area contributed by atoms with Crippen molar-refractivity contribution in [1.29, 1.82) is 0 Å². The largest absolute Gasteiger partial charge is 0.299 e. The smallest absolute Gasteiger partial charge is 0.178 e. The van der Waals surface area contributed by atoms with Crippen LogP contribution in [0.25, 0.3) is 0 Å². The van der Waals surface area contributed by atoms with Crippen molar-refractivity contribution in [2.75, 3.05) is 0 Å². The van der Waals surface area contributed by atoms with E-state index < -0.39 is 25.8 Å². The van der Waals surface area contributed by atoms with Crippen LogP contribution in [0.4, 0.5) is 0 Å². The van der Waals surface area contributed by atoms with E-state index in [0.717, 1.165) is 30.4 Å². The molecular formula is C26H27Cl3O3S. The molecule has 7 heteroatoms. The normalized spacial score (nSPS) is 40.6. The monoisotopic (exact) mass is 524 g/mol. The van der Waals surface area contributed by atoms with Gasteiger partial charge in [0.05, 0.1) is 15.8 Å². The minimum absolute atomic E-state index is 0.00682. The number of carbonyl (C=O) groups is 2. The van der Waals surface area contributed by atoms with Gasteiger partial charge in [-0.05, 0) is 67.4 Å². The number of allylic oxidation sites excluding steroid dienone is 4. The van der Waals surface area contributed by atoms with Gasteiger partial charge in [-0.1, -0.05) is 54.8 Å².